The molecule has 0 amide bonds. The molecule has 7 nitrogen and oxygen atoms in total. The van der Waals surface area contributed by atoms with Crippen LogP contribution in [0.4, 0.5) is 17.8 Å². The van der Waals surface area contributed by atoms with Gasteiger partial charge >= 0.3 is 0 Å². The van der Waals surface area contributed by atoms with Crippen molar-refractivity contribution in [3.8, 4) is 0 Å². The molecule has 1 saturated heterocycles. The Morgan fingerprint density at radius 3 is 2.43 bits per heavy atom. The maximum atomic E-state index is 9.39. The van der Waals surface area contributed by atoms with E-state index >= 15 is 0 Å². The zero-order valence-corrected chi connectivity index (χ0v) is 13.2. The largest absolute Gasteiger partial charge is 0.394 e. The molecule has 1 aromatic heterocycles. The van der Waals surface area contributed by atoms with E-state index in [1.165, 1.54) is 12.8 Å². The number of hydrogen-bond donors (Lipinski definition) is 3. The van der Waals surface area contributed by atoms with Gasteiger partial charge in [-0.1, -0.05) is 6.92 Å². The lowest BCUT2D eigenvalue weighted by Crippen LogP contribution is -2.36. The van der Waals surface area contributed by atoms with Gasteiger partial charge in [-0.25, -0.2) is 0 Å². The van der Waals surface area contributed by atoms with E-state index in [2.05, 4.69) is 37.4 Å². The van der Waals surface area contributed by atoms with Gasteiger partial charge in [-0.3, -0.25) is 0 Å². The molecule has 1 aliphatic heterocycles. The van der Waals surface area contributed by atoms with Crippen LogP contribution in [0.2, 0.25) is 0 Å². The molecule has 0 saturated carbocycles. The molecule has 0 radical (unpaired) electrons. The van der Waals surface area contributed by atoms with Crippen molar-refractivity contribution in [2.75, 3.05) is 41.8 Å². The second-order valence-electron chi connectivity index (χ2n) is 6.07. The van der Waals surface area contributed by atoms with Crippen LogP contribution in [-0.4, -0.2) is 51.8 Å². The molecule has 0 atom stereocenters. The SMILES string of the molecule is CCCNc1nc(NC(C)(C)CO)nc(N2CCCC2)n1. The number of aliphatic hydroxyl groups excluding tert-OH is 1. The van der Waals surface area contributed by atoms with Gasteiger partial charge in [-0.15, -0.1) is 0 Å². The molecule has 1 aromatic rings. The molecule has 0 spiro atoms. The number of anilines is 3. The van der Waals surface area contributed by atoms with Crippen LogP contribution < -0.4 is 15.5 Å². The second-order valence-corrected chi connectivity index (χ2v) is 6.07. The van der Waals surface area contributed by atoms with Crippen molar-refractivity contribution in [1.29, 1.82) is 0 Å². The molecule has 0 aliphatic carbocycles. The summed E-state index contributed by atoms with van der Waals surface area (Å²) in [5.74, 6) is 1.80. The van der Waals surface area contributed by atoms with Gasteiger partial charge in [0.25, 0.3) is 0 Å². The number of hydrogen-bond acceptors (Lipinski definition) is 7. The van der Waals surface area contributed by atoms with Crippen LogP contribution in [0.5, 0.6) is 0 Å². The third-order valence-corrected chi connectivity index (χ3v) is 3.39. The summed E-state index contributed by atoms with van der Waals surface area (Å²) >= 11 is 0. The van der Waals surface area contributed by atoms with Gasteiger partial charge in [0.15, 0.2) is 0 Å². The first-order valence-electron chi connectivity index (χ1n) is 7.68. The summed E-state index contributed by atoms with van der Waals surface area (Å²) in [6.45, 7) is 8.72. The fourth-order valence-electron chi connectivity index (χ4n) is 2.14. The molecular weight excluding hydrogens is 268 g/mol. The Morgan fingerprint density at radius 2 is 1.81 bits per heavy atom. The van der Waals surface area contributed by atoms with Crippen molar-refractivity contribution in [2.45, 2.75) is 45.6 Å². The Labute approximate surface area is 126 Å². The molecule has 21 heavy (non-hydrogen) atoms. The van der Waals surface area contributed by atoms with Gasteiger partial charge in [0, 0.05) is 19.6 Å². The maximum absolute atomic E-state index is 9.39. The number of nitrogens with zero attached hydrogens (tertiary/aromatic N) is 4. The van der Waals surface area contributed by atoms with Gasteiger partial charge in [-0.2, -0.15) is 15.0 Å². The molecule has 7 heteroatoms. The van der Waals surface area contributed by atoms with E-state index in [9.17, 15) is 5.11 Å². The Hall–Kier alpha value is -1.63. The first kappa shape index (κ1) is 15.8. The molecule has 0 bridgehead atoms. The fraction of sp³-hybridized carbons (Fsp3) is 0.786. The van der Waals surface area contributed by atoms with Crippen LogP contribution in [0.1, 0.15) is 40.0 Å². The van der Waals surface area contributed by atoms with Crippen LogP contribution >= 0.6 is 0 Å². The molecule has 118 valence electrons. The van der Waals surface area contributed by atoms with Gasteiger partial charge in [0.05, 0.1) is 12.1 Å². The molecule has 3 N–H and O–H groups in total. The minimum Gasteiger partial charge on any atom is -0.394 e. The Bertz CT molecular complexity index is 459. The predicted molar refractivity (Wildman–Crippen MR) is 84.8 cm³/mol. The first-order valence-corrected chi connectivity index (χ1v) is 7.68. The summed E-state index contributed by atoms with van der Waals surface area (Å²) in [5, 5.41) is 15.8. The summed E-state index contributed by atoms with van der Waals surface area (Å²) in [5.41, 5.74) is -0.467. The van der Waals surface area contributed by atoms with Crippen LogP contribution in [0.15, 0.2) is 0 Å². The van der Waals surface area contributed by atoms with E-state index in [0.717, 1.165) is 26.1 Å². The second kappa shape index (κ2) is 6.89. The van der Waals surface area contributed by atoms with Crippen LogP contribution in [0.3, 0.4) is 0 Å². The Kier molecular flexibility index (Phi) is 5.17. The smallest absolute Gasteiger partial charge is 0.231 e. The molecule has 0 unspecified atom stereocenters. The van der Waals surface area contributed by atoms with Crippen molar-refractivity contribution >= 4 is 17.8 Å². The van der Waals surface area contributed by atoms with Crippen LogP contribution in [0, 0.1) is 0 Å². The first-order chi connectivity index (χ1) is 10.0. The van der Waals surface area contributed by atoms with Crippen molar-refractivity contribution in [2.24, 2.45) is 0 Å². The summed E-state index contributed by atoms with van der Waals surface area (Å²) in [6, 6.07) is 0. The van der Waals surface area contributed by atoms with Crippen molar-refractivity contribution in [3.05, 3.63) is 0 Å². The third-order valence-electron chi connectivity index (χ3n) is 3.39. The molecule has 1 aliphatic rings. The number of rotatable bonds is 7. The zero-order chi connectivity index (χ0) is 15.3. The average Bonchev–Trinajstić information content (AvgIpc) is 2.98. The monoisotopic (exact) mass is 294 g/mol. The standard InChI is InChI=1S/C14H26N6O/c1-4-7-15-11-16-12(19-14(2,3)10-21)18-13(17-11)20-8-5-6-9-20/h21H,4-10H2,1-3H3,(H2,15,16,17,18,19). The summed E-state index contributed by atoms with van der Waals surface area (Å²) in [4.78, 5) is 15.6. The van der Waals surface area contributed by atoms with Crippen molar-refractivity contribution in [3.63, 3.8) is 0 Å². The topological polar surface area (TPSA) is 86.2 Å². The summed E-state index contributed by atoms with van der Waals surface area (Å²) in [7, 11) is 0. The van der Waals surface area contributed by atoms with Crippen LogP contribution in [-0.2, 0) is 0 Å². The van der Waals surface area contributed by atoms with Crippen LogP contribution in [0.25, 0.3) is 0 Å². The van der Waals surface area contributed by atoms with Gasteiger partial charge < -0.3 is 20.6 Å². The lowest BCUT2D eigenvalue weighted by molar-refractivity contribution is 0.233. The minimum atomic E-state index is -0.467. The predicted octanol–water partition coefficient (Wildman–Crippen LogP) is 1.48. The number of nitrogens with one attached hydrogen (secondary N) is 2. The van der Waals surface area contributed by atoms with E-state index in [-0.39, 0.29) is 6.61 Å². The Balaban J connectivity index is 2.23. The van der Waals surface area contributed by atoms with Crippen molar-refractivity contribution in [1.82, 2.24) is 15.0 Å². The number of aliphatic hydroxyl groups is 1. The molecular formula is C14H26N6O. The molecule has 0 aromatic carbocycles. The molecule has 2 rings (SSSR count). The minimum absolute atomic E-state index is 0.00938. The average molecular weight is 294 g/mol. The number of aromatic nitrogens is 3. The highest BCUT2D eigenvalue weighted by molar-refractivity contribution is 5.45. The van der Waals surface area contributed by atoms with E-state index < -0.39 is 5.54 Å². The highest BCUT2D eigenvalue weighted by Gasteiger charge is 2.21. The molecule has 2 heterocycles. The van der Waals surface area contributed by atoms with E-state index in [1.807, 2.05) is 13.8 Å². The lowest BCUT2D eigenvalue weighted by atomic mass is 10.1. The normalized spacial score (nSPS) is 15.3. The lowest BCUT2D eigenvalue weighted by Gasteiger charge is -2.24. The van der Waals surface area contributed by atoms with E-state index in [4.69, 9.17) is 0 Å². The van der Waals surface area contributed by atoms with Gasteiger partial charge in [-0.05, 0) is 33.1 Å². The van der Waals surface area contributed by atoms with Gasteiger partial charge in [0.1, 0.15) is 0 Å². The fourth-order valence-corrected chi connectivity index (χ4v) is 2.14. The van der Waals surface area contributed by atoms with E-state index in [0.29, 0.717) is 17.8 Å². The quantitative estimate of drug-likeness (QED) is 0.702. The maximum Gasteiger partial charge on any atom is 0.231 e. The van der Waals surface area contributed by atoms with Crippen molar-refractivity contribution < 1.29 is 5.11 Å². The highest BCUT2D eigenvalue weighted by atomic mass is 16.3. The van der Waals surface area contributed by atoms with E-state index in [1.54, 1.807) is 0 Å². The summed E-state index contributed by atoms with van der Waals surface area (Å²) < 4.78 is 0. The molecule has 1 fully saturated rings. The third kappa shape index (κ3) is 4.42. The Morgan fingerprint density at radius 1 is 1.14 bits per heavy atom. The zero-order valence-electron chi connectivity index (χ0n) is 13.2. The van der Waals surface area contributed by atoms with Gasteiger partial charge in [0.2, 0.25) is 17.8 Å². The summed E-state index contributed by atoms with van der Waals surface area (Å²) in [6.07, 6.45) is 3.36. The highest BCUT2D eigenvalue weighted by Crippen LogP contribution is 2.20.